The summed E-state index contributed by atoms with van der Waals surface area (Å²) in [5.74, 6) is 1.06. The first-order chi connectivity index (χ1) is 11.2. The molecule has 3 rings (SSSR count). The van der Waals surface area contributed by atoms with Crippen molar-refractivity contribution in [2.75, 3.05) is 13.6 Å². The number of nitrogens with one attached hydrogen (secondary N) is 1. The molecule has 2 aromatic heterocycles. The number of carboxylic acid groups (broad SMARTS) is 1. The SMILES string of the molecule is CNCCc1cc(Oc2ccc3c(ccn3C(=O)O)c2)ncn1. The summed E-state index contributed by atoms with van der Waals surface area (Å²) >= 11 is 0. The van der Waals surface area contributed by atoms with Crippen molar-refractivity contribution < 1.29 is 14.6 Å². The number of ether oxygens (including phenoxy) is 1. The molecule has 118 valence electrons. The Hall–Kier alpha value is -2.93. The zero-order valence-corrected chi connectivity index (χ0v) is 12.6. The van der Waals surface area contributed by atoms with Crippen LogP contribution in [0.3, 0.4) is 0 Å². The Morgan fingerprint density at radius 2 is 2.17 bits per heavy atom. The molecule has 0 atom stereocenters. The number of likely N-dealkylation sites (N-methyl/N-ethyl adjacent to an activating group) is 1. The van der Waals surface area contributed by atoms with Crippen molar-refractivity contribution in [3.63, 3.8) is 0 Å². The van der Waals surface area contributed by atoms with Crippen LogP contribution in [0.25, 0.3) is 10.9 Å². The largest absolute Gasteiger partial charge is 0.464 e. The van der Waals surface area contributed by atoms with Crippen molar-refractivity contribution in [1.29, 1.82) is 0 Å². The summed E-state index contributed by atoms with van der Waals surface area (Å²) in [6.45, 7) is 0.825. The van der Waals surface area contributed by atoms with Gasteiger partial charge in [0.2, 0.25) is 5.88 Å². The predicted octanol–water partition coefficient (Wildman–Crippen LogP) is 2.51. The Morgan fingerprint density at radius 1 is 1.30 bits per heavy atom. The number of aromatic nitrogens is 3. The Labute approximate surface area is 132 Å². The van der Waals surface area contributed by atoms with Gasteiger partial charge in [-0.3, -0.25) is 4.57 Å². The molecule has 0 aliphatic heterocycles. The molecule has 7 heteroatoms. The Kier molecular flexibility index (Phi) is 4.20. The molecule has 0 aliphatic carbocycles. The normalized spacial score (nSPS) is 10.8. The van der Waals surface area contributed by atoms with E-state index in [1.54, 1.807) is 30.3 Å². The van der Waals surface area contributed by atoms with Gasteiger partial charge in [-0.05, 0) is 31.3 Å². The van der Waals surface area contributed by atoms with Gasteiger partial charge < -0.3 is 15.2 Å². The fraction of sp³-hybridized carbons (Fsp3) is 0.188. The molecule has 0 radical (unpaired) electrons. The van der Waals surface area contributed by atoms with Gasteiger partial charge in [-0.2, -0.15) is 0 Å². The highest BCUT2D eigenvalue weighted by atomic mass is 16.5. The second-order valence-corrected chi connectivity index (χ2v) is 4.99. The lowest BCUT2D eigenvalue weighted by Gasteiger charge is -2.07. The van der Waals surface area contributed by atoms with E-state index >= 15 is 0 Å². The summed E-state index contributed by atoms with van der Waals surface area (Å²) in [6, 6.07) is 8.74. The highest BCUT2D eigenvalue weighted by molar-refractivity contribution is 5.89. The van der Waals surface area contributed by atoms with Gasteiger partial charge in [-0.1, -0.05) is 0 Å². The highest BCUT2D eigenvalue weighted by Crippen LogP contribution is 2.25. The molecule has 0 fully saturated rings. The molecule has 0 aliphatic rings. The van der Waals surface area contributed by atoms with Crippen LogP contribution in [0.15, 0.2) is 42.9 Å². The Balaban J connectivity index is 1.83. The minimum Gasteiger partial charge on any atom is -0.464 e. The van der Waals surface area contributed by atoms with E-state index in [9.17, 15) is 4.79 Å². The van der Waals surface area contributed by atoms with Crippen molar-refractivity contribution in [2.45, 2.75) is 6.42 Å². The van der Waals surface area contributed by atoms with Crippen LogP contribution in [-0.4, -0.2) is 39.3 Å². The fourth-order valence-electron chi connectivity index (χ4n) is 2.29. The zero-order valence-electron chi connectivity index (χ0n) is 12.6. The summed E-state index contributed by atoms with van der Waals surface area (Å²) in [5, 5.41) is 12.9. The molecule has 23 heavy (non-hydrogen) atoms. The lowest BCUT2D eigenvalue weighted by molar-refractivity contribution is 0.197. The van der Waals surface area contributed by atoms with Crippen molar-refractivity contribution in [2.24, 2.45) is 0 Å². The third kappa shape index (κ3) is 3.29. The van der Waals surface area contributed by atoms with Gasteiger partial charge in [0, 0.05) is 36.3 Å². The summed E-state index contributed by atoms with van der Waals surface area (Å²) in [5.41, 5.74) is 1.50. The summed E-state index contributed by atoms with van der Waals surface area (Å²) in [7, 11) is 1.89. The van der Waals surface area contributed by atoms with Crippen molar-refractivity contribution in [3.8, 4) is 11.6 Å². The van der Waals surface area contributed by atoms with Gasteiger partial charge in [0.1, 0.15) is 12.1 Å². The molecule has 7 nitrogen and oxygen atoms in total. The van der Waals surface area contributed by atoms with Crippen LogP contribution in [0.4, 0.5) is 4.79 Å². The molecule has 0 spiro atoms. The van der Waals surface area contributed by atoms with Crippen molar-refractivity contribution >= 4 is 17.0 Å². The minimum absolute atomic E-state index is 0.461. The van der Waals surface area contributed by atoms with E-state index in [4.69, 9.17) is 9.84 Å². The Morgan fingerprint density at radius 3 is 2.96 bits per heavy atom. The summed E-state index contributed by atoms with van der Waals surface area (Å²) in [4.78, 5) is 19.4. The smallest absolute Gasteiger partial charge is 0.415 e. The second kappa shape index (κ2) is 6.45. The van der Waals surface area contributed by atoms with E-state index in [2.05, 4.69) is 15.3 Å². The molecule has 3 aromatic rings. The third-order valence-corrected chi connectivity index (χ3v) is 3.42. The van der Waals surface area contributed by atoms with Crippen molar-refractivity contribution in [3.05, 3.63) is 48.5 Å². The molecule has 1 aromatic carbocycles. The van der Waals surface area contributed by atoms with E-state index in [1.165, 1.54) is 17.1 Å². The molecule has 0 saturated heterocycles. The number of hydrogen-bond acceptors (Lipinski definition) is 5. The second-order valence-electron chi connectivity index (χ2n) is 4.99. The first-order valence-corrected chi connectivity index (χ1v) is 7.15. The van der Waals surface area contributed by atoms with Crippen LogP contribution in [-0.2, 0) is 6.42 Å². The highest BCUT2D eigenvalue weighted by Gasteiger charge is 2.08. The van der Waals surface area contributed by atoms with Crippen LogP contribution in [0.5, 0.6) is 11.6 Å². The maximum Gasteiger partial charge on any atom is 0.415 e. The molecule has 2 N–H and O–H groups in total. The number of rotatable bonds is 5. The maximum absolute atomic E-state index is 11.1. The average Bonchev–Trinajstić information content (AvgIpc) is 2.96. The molecular weight excluding hydrogens is 296 g/mol. The van der Waals surface area contributed by atoms with E-state index < -0.39 is 6.09 Å². The number of carbonyl (C=O) groups is 1. The number of nitrogens with zero attached hydrogens (tertiary/aromatic N) is 3. The first-order valence-electron chi connectivity index (χ1n) is 7.15. The summed E-state index contributed by atoms with van der Waals surface area (Å²) in [6.07, 6.45) is 2.76. The number of fused-ring (bicyclic) bond motifs is 1. The van der Waals surface area contributed by atoms with Gasteiger partial charge in [0.15, 0.2) is 0 Å². The first kappa shape index (κ1) is 15.0. The third-order valence-electron chi connectivity index (χ3n) is 3.42. The van der Waals surface area contributed by atoms with E-state index in [1.807, 2.05) is 7.05 Å². The average molecular weight is 312 g/mol. The van der Waals surface area contributed by atoms with Crippen LogP contribution in [0.2, 0.25) is 0 Å². The minimum atomic E-state index is -1.02. The predicted molar refractivity (Wildman–Crippen MR) is 85.1 cm³/mol. The molecular formula is C16H16N4O3. The van der Waals surface area contributed by atoms with Crippen LogP contribution < -0.4 is 10.1 Å². The number of hydrogen-bond donors (Lipinski definition) is 2. The summed E-state index contributed by atoms with van der Waals surface area (Å²) < 4.78 is 6.91. The fourth-order valence-corrected chi connectivity index (χ4v) is 2.29. The molecule has 0 bridgehead atoms. The van der Waals surface area contributed by atoms with Gasteiger partial charge in [0.25, 0.3) is 0 Å². The molecule has 0 amide bonds. The quantitative estimate of drug-likeness (QED) is 0.752. The lowest BCUT2D eigenvalue weighted by atomic mass is 10.2. The Bertz CT molecular complexity index is 844. The van der Waals surface area contributed by atoms with Crippen LogP contribution in [0, 0.1) is 0 Å². The standard InChI is InChI=1S/C16H16N4O3/c1-17-6-4-12-9-15(19-10-18-12)23-13-2-3-14-11(8-13)5-7-20(14)16(21)22/h2-3,5,7-10,17H,4,6H2,1H3,(H,21,22). The van der Waals surface area contributed by atoms with Crippen LogP contribution in [0.1, 0.15) is 5.69 Å². The zero-order chi connectivity index (χ0) is 16.2. The molecule has 0 saturated carbocycles. The number of benzene rings is 1. The van der Waals surface area contributed by atoms with Crippen molar-refractivity contribution in [1.82, 2.24) is 19.9 Å². The van der Waals surface area contributed by atoms with Gasteiger partial charge in [-0.15, -0.1) is 0 Å². The monoisotopic (exact) mass is 312 g/mol. The lowest BCUT2D eigenvalue weighted by Crippen LogP contribution is -2.11. The molecule has 2 heterocycles. The van der Waals surface area contributed by atoms with Gasteiger partial charge in [-0.25, -0.2) is 14.8 Å². The van der Waals surface area contributed by atoms with E-state index in [0.29, 0.717) is 17.1 Å². The van der Waals surface area contributed by atoms with Gasteiger partial charge >= 0.3 is 6.09 Å². The van der Waals surface area contributed by atoms with Gasteiger partial charge in [0.05, 0.1) is 5.52 Å². The van der Waals surface area contributed by atoms with Crippen LogP contribution >= 0.6 is 0 Å². The topological polar surface area (TPSA) is 89.3 Å². The van der Waals surface area contributed by atoms with E-state index in [0.717, 1.165) is 24.0 Å². The molecule has 0 unspecified atom stereocenters. The maximum atomic E-state index is 11.1. The van der Waals surface area contributed by atoms with E-state index in [-0.39, 0.29) is 0 Å².